The van der Waals surface area contributed by atoms with Crippen LogP contribution in [0.4, 0.5) is 0 Å². The second-order valence-electron chi connectivity index (χ2n) is 3.87. The molecule has 0 bridgehead atoms. The summed E-state index contributed by atoms with van der Waals surface area (Å²) in [6.45, 7) is 2.07. The molecule has 0 spiro atoms. The van der Waals surface area contributed by atoms with Gasteiger partial charge in [0, 0.05) is 16.7 Å². The van der Waals surface area contributed by atoms with E-state index in [9.17, 15) is 4.79 Å². The topological polar surface area (TPSA) is 17.1 Å². The Morgan fingerprint density at radius 2 is 2.31 bits per heavy atom. The molecule has 0 atom stereocenters. The lowest BCUT2D eigenvalue weighted by Crippen LogP contribution is -2.13. The number of hydrogen-bond acceptors (Lipinski definition) is 2. The molecule has 2 rings (SSSR count). The van der Waals surface area contributed by atoms with Gasteiger partial charge < -0.3 is 0 Å². The Balaban J connectivity index is 2.02. The minimum atomic E-state index is 0.0243. The quantitative estimate of drug-likeness (QED) is 0.812. The third-order valence-corrected chi connectivity index (χ3v) is 4.26. The van der Waals surface area contributed by atoms with Crippen molar-refractivity contribution in [3.8, 4) is 0 Å². The predicted molar refractivity (Wildman–Crippen MR) is 58.1 cm³/mol. The van der Waals surface area contributed by atoms with E-state index < -0.39 is 0 Å². The van der Waals surface area contributed by atoms with Gasteiger partial charge in [-0.2, -0.15) is 0 Å². The van der Waals surface area contributed by atoms with E-state index in [-0.39, 0.29) is 5.41 Å². The van der Waals surface area contributed by atoms with Crippen molar-refractivity contribution in [1.82, 2.24) is 0 Å². The van der Waals surface area contributed by atoms with Crippen LogP contribution in [0.3, 0.4) is 0 Å². The number of hydrogen-bond donors (Lipinski definition) is 0. The first kappa shape index (κ1) is 9.41. The highest BCUT2D eigenvalue weighted by Gasteiger charge is 2.44. The number of carbonyl (C=O) groups is 1. The monoisotopic (exact) mass is 258 g/mol. The molecular formula is C10H11BrOS. The van der Waals surface area contributed by atoms with Crippen LogP contribution in [0.15, 0.2) is 15.9 Å². The molecular weight excluding hydrogens is 248 g/mol. The summed E-state index contributed by atoms with van der Waals surface area (Å²) in [7, 11) is 0. The maximum Gasteiger partial charge on any atom is 0.143 e. The zero-order chi connectivity index (χ0) is 9.47. The number of halogens is 1. The molecule has 13 heavy (non-hydrogen) atoms. The Morgan fingerprint density at radius 3 is 2.77 bits per heavy atom. The van der Waals surface area contributed by atoms with Gasteiger partial charge in [0.1, 0.15) is 5.78 Å². The lowest BCUT2D eigenvalue weighted by atomic mass is 10.0. The summed E-state index contributed by atoms with van der Waals surface area (Å²) in [5.41, 5.74) is 0.0243. The molecule has 0 N–H and O–H groups in total. The third kappa shape index (κ3) is 2.02. The molecule has 1 nitrogen and oxygen atoms in total. The molecule has 1 fully saturated rings. The van der Waals surface area contributed by atoms with Crippen LogP contribution in [0.25, 0.3) is 0 Å². The summed E-state index contributed by atoms with van der Waals surface area (Å²) in [6, 6.07) is 4.03. The van der Waals surface area contributed by atoms with Crippen LogP contribution in [0, 0.1) is 5.41 Å². The van der Waals surface area contributed by atoms with Crippen molar-refractivity contribution in [1.29, 1.82) is 0 Å². The highest BCUT2D eigenvalue weighted by molar-refractivity contribution is 9.11. The minimum absolute atomic E-state index is 0.0243. The van der Waals surface area contributed by atoms with E-state index in [1.165, 1.54) is 4.88 Å². The summed E-state index contributed by atoms with van der Waals surface area (Å²) in [6.07, 6.45) is 2.78. The van der Waals surface area contributed by atoms with Gasteiger partial charge in [-0.1, -0.05) is 6.92 Å². The Bertz CT molecular complexity index is 338. The van der Waals surface area contributed by atoms with E-state index in [0.717, 1.165) is 16.6 Å². The van der Waals surface area contributed by atoms with Gasteiger partial charge in [-0.25, -0.2) is 0 Å². The SMILES string of the molecule is CC1(C(=O)Cc2ccc(Br)s2)CC1. The van der Waals surface area contributed by atoms with Crippen LogP contribution in [-0.4, -0.2) is 5.78 Å². The maximum absolute atomic E-state index is 11.7. The Hall–Kier alpha value is -0.150. The molecule has 1 aromatic rings. The van der Waals surface area contributed by atoms with Crippen LogP contribution < -0.4 is 0 Å². The number of Topliss-reactive ketones (excluding diaryl/α,β-unsaturated/α-hetero) is 1. The van der Waals surface area contributed by atoms with Crippen molar-refractivity contribution in [3.05, 3.63) is 20.8 Å². The number of thiophene rings is 1. The van der Waals surface area contributed by atoms with Gasteiger partial charge >= 0.3 is 0 Å². The fourth-order valence-corrected chi connectivity index (χ4v) is 2.77. The maximum atomic E-state index is 11.7. The van der Waals surface area contributed by atoms with Crippen molar-refractivity contribution >= 4 is 33.0 Å². The second kappa shape index (κ2) is 3.21. The van der Waals surface area contributed by atoms with E-state index in [1.807, 2.05) is 12.1 Å². The highest BCUT2D eigenvalue weighted by Crippen LogP contribution is 2.46. The zero-order valence-electron chi connectivity index (χ0n) is 7.47. The van der Waals surface area contributed by atoms with Gasteiger partial charge in [0.15, 0.2) is 0 Å². The van der Waals surface area contributed by atoms with Crippen LogP contribution in [-0.2, 0) is 11.2 Å². The van der Waals surface area contributed by atoms with Crippen molar-refractivity contribution in [2.75, 3.05) is 0 Å². The number of ketones is 1. The van der Waals surface area contributed by atoms with Crippen molar-refractivity contribution in [3.63, 3.8) is 0 Å². The molecule has 1 aliphatic carbocycles. The molecule has 3 heteroatoms. The van der Waals surface area contributed by atoms with E-state index in [1.54, 1.807) is 11.3 Å². The van der Waals surface area contributed by atoms with E-state index in [2.05, 4.69) is 22.9 Å². The van der Waals surface area contributed by atoms with Crippen LogP contribution in [0.1, 0.15) is 24.6 Å². The van der Waals surface area contributed by atoms with E-state index >= 15 is 0 Å². The van der Waals surface area contributed by atoms with Gasteiger partial charge in [-0.15, -0.1) is 11.3 Å². The number of carbonyl (C=O) groups excluding carboxylic acids is 1. The fourth-order valence-electron chi connectivity index (χ4n) is 1.28. The first-order valence-corrected chi connectivity index (χ1v) is 5.99. The minimum Gasteiger partial charge on any atom is -0.299 e. The highest BCUT2D eigenvalue weighted by atomic mass is 79.9. The predicted octanol–water partition coefficient (Wildman–Crippen LogP) is 3.42. The summed E-state index contributed by atoms with van der Waals surface area (Å²) in [5.74, 6) is 0.404. The zero-order valence-corrected chi connectivity index (χ0v) is 9.87. The summed E-state index contributed by atoms with van der Waals surface area (Å²) in [4.78, 5) is 12.9. The van der Waals surface area contributed by atoms with Gasteiger partial charge in [0.2, 0.25) is 0 Å². The molecule has 0 radical (unpaired) electrons. The Kier molecular flexibility index (Phi) is 2.32. The fraction of sp³-hybridized carbons (Fsp3) is 0.500. The third-order valence-electron chi connectivity index (χ3n) is 2.64. The normalized spacial score (nSPS) is 18.6. The Morgan fingerprint density at radius 1 is 1.62 bits per heavy atom. The van der Waals surface area contributed by atoms with Gasteiger partial charge in [0.25, 0.3) is 0 Å². The smallest absolute Gasteiger partial charge is 0.143 e. The van der Waals surface area contributed by atoms with Crippen molar-refractivity contribution < 1.29 is 4.79 Å². The number of rotatable bonds is 3. The first-order valence-electron chi connectivity index (χ1n) is 4.38. The van der Waals surface area contributed by atoms with Crippen molar-refractivity contribution in [2.45, 2.75) is 26.2 Å². The van der Waals surface area contributed by atoms with Gasteiger partial charge in [-0.3, -0.25) is 4.79 Å². The molecule has 0 aliphatic heterocycles. The standard InChI is InChI=1S/C10H11BrOS/c1-10(4-5-10)8(12)6-7-2-3-9(11)13-7/h2-3H,4-6H2,1H3. The summed E-state index contributed by atoms with van der Waals surface area (Å²) in [5, 5.41) is 0. The van der Waals surface area contributed by atoms with Crippen LogP contribution in [0.5, 0.6) is 0 Å². The van der Waals surface area contributed by atoms with Gasteiger partial charge in [-0.05, 0) is 40.9 Å². The summed E-state index contributed by atoms with van der Waals surface area (Å²) >= 11 is 5.05. The van der Waals surface area contributed by atoms with E-state index in [0.29, 0.717) is 12.2 Å². The average Bonchev–Trinajstić information content (AvgIpc) is 2.69. The molecule has 0 saturated heterocycles. The largest absolute Gasteiger partial charge is 0.299 e. The molecule has 1 aromatic heterocycles. The van der Waals surface area contributed by atoms with Crippen LogP contribution >= 0.6 is 27.3 Å². The Labute approximate surface area is 90.3 Å². The molecule has 1 aliphatic rings. The molecule has 0 unspecified atom stereocenters. The van der Waals surface area contributed by atoms with Crippen molar-refractivity contribution in [2.24, 2.45) is 5.41 Å². The lowest BCUT2D eigenvalue weighted by molar-refractivity contribution is -0.122. The molecule has 0 amide bonds. The molecule has 1 saturated carbocycles. The summed E-state index contributed by atoms with van der Waals surface area (Å²) < 4.78 is 1.11. The van der Waals surface area contributed by atoms with E-state index in [4.69, 9.17) is 0 Å². The van der Waals surface area contributed by atoms with Gasteiger partial charge in [0.05, 0.1) is 3.79 Å². The lowest BCUT2D eigenvalue weighted by Gasteiger charge is -2.04. The first-order chi connectivity index (χ1) is 6.10. The molecule has 1 heterocycles. The average molecular weight is 259 g/mol. The van der Waals surface area contributed by atoms with Crippen LogP contribution in [0.2, 0.25) is 0 Å². The second-order valence-corrected chi connectivity index (χ2v) is 6.41. The molecule has 70 valence electrons. The molecule has 0 aromatic carbocycles.